The predicted octanol–water partition coefficient (Wildman–Crippen LogP) is 3.85. The van der Waals surface area contributed by atoms with Crippen molar-refractivity contribution in [3.8, 4) is 5.75 Å². The minimum absolute atomic E-state index is 0.0781. The van der Waals surface area contributed by atoms with Crippen LogP contribution < -0.4 is 10.7 Å². The molecule has 2 aliphatic rings. The molecule has 8 nitrogen and oxygen atoms in total. The topological polar surface area (TPSA) is 106 Å². The third-order valence-electron chi connectivity index (χ3n) is 7.15. The minimum atomic E-state index is -5.03. The molecular formula is C26H25F3N4O4. The van der Waals surface area contributed by atoms with Gasteiger partial charge in [0.25, 0.3) is 17.1 Å². The largest absolute Gasteiger partial charge is 0.503 e. The molecule has 3 heterocycles. The molecule has 1 amide bonds. The van der Waals surface area contributed by atoms with Gasteiger partial charge in [0.2, 0.25) is 0 Å². The molecule has 4 bridgehead atoms. The number of rotatable bonds is 1. The number of Topliss-reactive ketones (excluding diaryl/α,β-unsaturated/α-hetero) is 1. The summed E-state index contributed by atoms with van der Waals surface area (Å²) < 4.78 is 43.5. The highest BCUT2D eigenvalue weighted by Gasteiger charge is 2.43. The van der Waals surface area contributed by atoms with Crippen molar-refractivity contribution in [1.82, 2.24) is 19.7 Å². The lowest BCUT2D eigenvalue weighted by Crippen LogP contribution is -2.38. The Morgan fingerprint density at radius 2 is 1.86 bits per heavy atom. The van der Waals surface area contributed by atoms with Gasteiger partial charge in [-0.1, -0.05) is 37.1 Å². The molecule has 194 valence electrons. The molecular weight excluding hydrogens is 489 g/mol. The highest BCUT2D eigenvalue weighted by atomic mass is 19.4. The molecule has 0 radical (unpaired) electrons. The summed E-state index contributed by atoms with van der Waals surface area (Å²) in [5, 5.41) is 17.3. The van der Waals surface area contributed by atoms with Crippen molar-refractivity contribution in [2.45, 2.75) is 56.8 Å². The molecule has 1 aliphatic heterocycles. The molecule has 5 rings (SSSR count). The Labute approximate surface area is 209 Å². The van der Waals surface area contributed by atoms with Gasteiger partial charge in [-0.15, -0.1) is 0 Å². The Kier molecular flexibility index (Phi) is 6.17. The van der Waals surface area contributed by atoms with Gasteiger partial charge in [-0.3, -0.25) is 19.1 Å². The summed E-state index contributed by atoms with van der Waals surface area (Å²) in [6.45, 7) is 0.329. The quantitative estimate of drug-likeness (QED) is 0.379. The lowest BCUT2D eigenvalue weighted by molar-refractivity contribution is -0.0884. The van der Waals surface area contributed by atoms with Crippen LogP contribution in [0.15, 0.2) is 47.5 Å². The number of fused-ring (bicyclic) bond motifs is 4. The van der Waals surface area contributed by atoms with E-state index in [4.69, 9.17) is 0 Å². The van der Waals surface area contributed by atoms with E-state index in [1.54, 1.807) is 16.7 Å². The standard InChI is InChI=1S/C26H25F3N4O4/c27-26(28,29)23(36)18-13-33-19-12-16(7-8-17(18)19)6-2-1-5-11-30-24(37)21-22(35)20(34)14-32(31-21)15-25(33)9-3-4-10-25/h1-2,7-8,12-14,34H,3-6,9-11,15H2,(H,30,37)/b2-1+. The van der Waals surface area contributed by atoms with Crippen LogP contribution in [-0.4, -0.2) is 43.9 Å². The van der Waals surface area contributed by atoms with E-state index in [2.05, 4.69) is 10.4 Å². The number of ketones is 1. The first-order valence-corrected chi connectivity index (χ1v) is 12.1. The third-order valence-corrected chi connectivity index (χ3v) is 7.15. The highest BCUT2D eigenvalue weighted by Crippen LogP contribution is 2.42. The lowest BCUT2D eigenvalue weighted by atomic mass is 9.96. The maximum atomic E-state index is 13.5. The second-order valence-electron chi connectivity index (χ2n) is 9.63. The Hall–Kier alpha value is -3.89. The molecule has 11 heteroatoms. The van der Waals surface area contributed by atoms with E-state index >= 15 is 0 Å². The summed E-state index contributed by atoms with van der Waals surface area (Å²) in [4.78, 5) is 37.5. The number of carbonyl (C=O) groups is 2. The summed E-state index contributed by atoms with van der Waals surface area (Å²) in [5.41, 5.74) is -1.23. The van der Waals surface area contributed by atoms with E-state index in [1.807, 2.05) is 18.2 Å². The molecule has 1 fully saturated rings. The van der Waals surface area contributed by atoms with Crippen molar-refractivity contribution in [2.24, 2.45) is 0 Å². The van der Waals surface area contributed by atoms with E-state index in [0.717, 1.165) is 24.6 Å². The zero-order chi connectivity index (χ0) is 26.4. The fourth-order valence-electron chi connectivity index (χ4n) is 5.38. The fourth-order valence-corrected chi connectivity index (χ4v) is 5.38. The van der Waals surface area contributed by atoms with Gasteiger partial charge in [-0.25, -0.2) is 0 Å². The first kappa shape index (κ1) is 24.8. The molecule has 0 saturated heterocycles. The number of nitrogens with one attached hydrogen (secondary N) is 1. The van der Waals surface area contributed by atoms with Crippen LogP contribution >= 0.6 is 0 Å². The Morgan fingerprint density at radius 1 is 1.11 bits per heavy atom. The number of allylic oxidation sites excluding steroid dienone is 1. The van der Waals surface area contributed by atoms with Crippen LogP contribution in [0.1, 0.15) is 58.5 Å². The SMILES string of the molecule is O=C1NCC/C=C/Cc2ccc3c(C(=O)C(F)(F)F)cn(c3c2)C2(CCCC2)Cn2cc(O)c(=O)c1n2. The number of nitrogens with zero attached hydrogens (tertiary/aromatic N) is 3. The van der Waals surface area contributed by atoms with Crippen LogP contribution in [0, 0.1) is 0 Å². The van der Waals surface area contributed by atoms with E-state index in [9.17, 15) is 32.7 Å². The van der Waals surface area contributed by atoms with Crippen LogP contribution in [0.25, 0.3) is 10.9 Å². The molecule has 1 aromatic carbocycles. The molecule has 3 aromatic rings. The molecule has 2 N–H and O–H groups in total. The van der Waals surface area contributed by atoms with E-state index in [-0.39, 0.29) is 18.5 Å². The summed E-state index contributed by atoms with van der Waals surface area (Å²) >= 11 is 0. The van der Waals surface area contributed by atoms with Crippen LogP contribution in [0.2, 0.25) is 0 Å². The molecule has 1 aliphatic carbocycles. The zero-order valence-corrected chi connectivity index (χ0v) is 19.8. The molecule has 0 unspecified atom stereocenters. The fraction of sp³-hybridized carbons (Fsp3) is 0.385. The number of aromatic hydroxyl groups is 1. The second kappa shape index (κ2) is 9.20. The maximum Gasteiger partial charge on any atom is 0.454 e. The number of alkyl halides is 3. The van der Waals surface area contributed by atoms with Crippen molar-refractivity contribution in [3.05, 3.63) is 69.8 Å². The third kappa shape index (κ3) is 4.54. The monoisotopic (exact) mass is 514 g/mol. The van der Waals surface area contributed by atoms with Gasteiger partial charge in [0.05, 0.1) is 23.8 Å². The van der Waals surface area contributed by atoms with Crippen LogP contribution in [-0.2, 0) is 18.5 Å². The summed E-state index contributed by atoms with van der Waals surface area (Å²) in [7, 11) is 0. The molecule has 0 atom stereocenters. The maximum absolute atomic E-state index is 13.5. The van der Waals surface area contributed by atoms with Crippen molar-refractivity contribution >= 4 is 22.6 Å². The second-order valence-corrected chi connectivity index (χ2v) is 9.63. The van der Waals surface area contributed by atoms with Gasteiger partial charge in [0.1, 0.15) is 0 Å². The van der Waals surface area contributed by atoms with Crippen molar-refractivity contribution in [2.75, 3.05) is 6.54 Å². The average Bonchev–Trinajstić information content (AvgIpc) is 3.47. The Morgan fingerprint density at radius 3 is 2.59 bits per heavy atom. The number of halogens is 3. The van der Waals surface area contributed by atoms with Gasteiger partial charge in [0.15, 0.2) is 11.4 Å². The van der Waals surface area contributed by atoms with Crippen LogP contribution in [0.5, 0.6) is 5.75 Å². The Balaban J connectivity index is 1.75. The molecule has 37 heavy (non-hydrogen) atoms. The number of aromatic nitrogens is 3. The normalized spacial score (nSPS) is 18.8. The summed E-state index contributed by atoms with van der Waals surface area (Å²) in [6.07, 6.45) is 4.78. The Bertz CT molecular complexity index is 1480. The smallest absolute Gasteiger partial charge is 0.454 e. The van der Waals surface area contributed by atoms with Gasteiger partial charge in [-0.2, -0.15) is 18.3 Å². The van der Waals surface area contributed by atoms with Gasteiger partial charge in [0, 0.05) is 23.6 Å². The number of hydrogen-bond donors (Lipinski definition) is 2. The zero-order valence-electron chi connectivity index (χ0n) is 19.8. The van der Waals surface area contributed by atoms with Crippen molar-refractivity contribution in [1.29, 1.82) is 0 Å². The van der Waals surface area contributed by atoms with E-state index in [0.29, 0.717) is 31.2 Å². The van der Waals surface area contributed by atoms with Gasteiger partial charge < -0.3 is 15.0 Å². The number of benzene rings is 1. The highest BCUT2D eigenvalue weighted by molar-refractivity contribution is 6.10. The average molecular weight is 515 g/mol. The van der Waals surface area contributed by atoms with Gasteiger partial charge >= 0.3 is 6.18 Å². The lowest BCUT2D eigenvalue weighted by Gasteiger charge is -2.33. The summed E-state index contributed by atoms with van der Waals surface area (Å²) in [5.74, 6) is -3.29. The van der Waals surface area contributed by atoms with Crippen molar-refractivity contribution in [3.63, 3.8) is 0 Å². The molecule has 2 aromatic heterocycles. The van der Waals surface area contributed by atoms with E-state index < -0.39 is 45.8 Å². The first-order chi connectivity index (χ1) is 17.6. The van der Waals surface area contributed by atoms with Crippen LogP contribution in [0.3, 0.4) is 0 Å². The van der Waals surface area contributed by atoms with Gasteiger partial charge in [-0.05, 0) is 37.3 Å². The summed E-state index contributed by atoms with van der Waals surface area (Å²) in [6, 6.07) is 5.08. The number of amides is 1. The van der Waals surface area contributed by atoms with Crippen molar-refractivity contribution < 1.29 is 27.9 Å². The van der Waals surface area contributed by atoms with Crippen LogP contribution in [0.4, 0.5) is 13.2 Å². The van der Waals surface area contributed by atoms with E-state index in [1.165, 1.54) is 10.9 Å². The minimum Gasteiger partial charge on any atom is -0.503 e. The number of carbonyl (C=O) groups excluding carboxylic acids is 2. The molecule has 1 saturated carbocycles. The number of hydrogen-bond acceptors (Lipinski definition) is 5. The predicted molar refractivity (Wildman–Crippen MR) is 129 cm³/mol. The molecule has 1 spiro atoms. The first-order valence-electron chi connectivity index (χ1n) is 12.1.